The molecule has 3 nitrogen and oxygen atoms in total. The van der Waals surface area contributed by atoms with Gasteiger partial charge in [-0.1, -0.05) is 19.4 Å². The van der Waals surface area contributed by atoms with Gasteiger partial charge < -0.3 is 9.30 Å². The van der Waals surface area contributed by atoms with E-state index in [-0.39, 0.29) is 0 Å². The molecular formula is C16H23N3. The molecule has 102 valence electrons. The molecule has 0 N–H and O–H groups in total. The first-order chi connectivity index (χ1) is 9.29. The number of pyridine rings is 1. The average molecular weight is 257 g/mol. The number of aryl methyl sites for hydroxylation is 1. The highest BCUT2D eigenvalue weighted by Crippen LogP contribution is 2.21. The first-order valence-corrected chi connectivity index (χ1v) is 7.45. The summed E-state index contributed by atoms with van der Waals surface area (Å²) in [6.45, 7) is 6.85. The Labute approximate surface area is 115 Å². The van der Waals surface area contributed by atoms with Crippen LogP contribution in [0.5, 0.6) is 0 Å². The molecule has 3 heteroatoms. The zero-order valence-corrected chi connectivity index (χ0v) is 12.0. The van der Waals surface area contributed by atoms with Crippen LogP contribution in [0.15, 0.2) is 24.4 Å². The van der Waals surface area contributed by atoms with Crippen molar-refractivity contribution in [2.45, 2.75) is 45.6 Å². The van der Waals surface area contributed by atoms with Gasteiger partial charge in [0, 0.05) is 18.2 Å². The molecule has 3 rings (SSSR count). The quantitative estimate of drug-likeness (QED) is 0.842. The van der Waals surface area contributed by atoms with Gasteiger partial charge in [-0.3, -0.25) is 0 Å². The average Bonchev–Trinajstić information content (AvgIpc) is 2.84. The van der Waals surface area contributed by atoms with Crippen molar-refractivity contribution >= 4 is 5.52 Å². The lowest BCUT2D eigenvalue weighted by atomic mass is 9.99. The summed E-state index contributed by atoms with van der Waals surface area (Å²) < 4.78 is 2.31. The van der Waals surface area contributed by atoms with Gasteiger partial charge in [0.05, 0.1) is 11.7 Å². The van der Waals surface area contributed by atoms with E-state index in [9.17, 15) is 0 Å². The second-order valence-electron chi connectivity index (χ2n) is 5.58. The molecule has 1 saturated heterocycles. The second kappa shape index (κ2) is 5.33. The fourth-order valence-electron chi connectivity index (χ4n) is 3.35. The van der Waals surface area contributed by atoms with Crippen molar-refractivity contribution in [2.75, 3.05) is 13.1 Å². The Hall–Kier alpha value is -1.35. The highest BCUT2D eigenvalue weighted by Gasteiger charge is 2.22. The van der Waals surface area contributed by atoms with Gasteiger partial charge in [0.1, 0.15) is 5.82 Å². The van der Waals surface area contributed by atoms with E-state index < -0.39 is 0 Å². The van der Waals surface area contributed by atoms with Crippen LogP contribution in [0.4, 0.5) is 0 Å². The molecule has 0 radical (unpaired) electrons. The van der Waals surface area contributed by atoms with E-state index in [1.54, 1.807) is 0 Å². The summed E-state index contributed by atoms with van der Waals surface area (Å²) in [5, 5.41) is 0. The Balaban J connectivity index is 1.88. The lowest BCUT2D eigenvalue weighted by molar-refractivity contribution is 0.153. The summed E-state index contributed by atoms with van der Waals surface area (Å²) in [6.07, 6.45) is 7.11. The normalized spacial score (nSPS) is 21.1. The Kier molecular flexibility index (Phi) is 3.56. The van der Waals surface area contributed by atoms with Gasteiger partial charge in [-0.15, -0.1) is 0 Å². The van der Waals surface area contributed by atoms with Crippen molar-refractivity contribution in [3.05, 3.63) is 35.9 Å². The summed E-state index contributed by atoms with van der Waals surface area (Å²) in [4.78, 5) is 7.27. The molecule has 0 saturated carbocycles. The molecular weight excluding hydrogens is 234 g/mol. The zero-order valence-electron chi connectivity index (χ0n) is 12.0. The largest absolute Gasteiger partial charge is 0.301 e. The smallest absolute Gasteiger partial charge is 0.115 e. The van der Waals surface area contributed by atoms with E-state index in [2.05, 4.69) is 46.3 Å². The topological polar surface area (TPSA) is 20.5 Å². The van der Waals surface area contributed by atoms with Crippen LogP contribution in [0.2, 0.25) is 0 Å². The van der Waals surface area contributed by atoms with Crippen LogP contribution in [-0.4, -0.2) is 33.4 Å². The first-order valence-electron chi connectivity index (χ1n) is 7.45. The number of nitrogens with zero attached hydrogens (tertiary/aromatic N) is 3. The van der Waals surface area contributed by atoms with E-state index in [1.807, 2.05) is 6.20 Å². The second-order valence-corrected chi connectivity index (χ2v) is 5.58. The predicted octanol–water partition coefficient (Wildman–Crippen LogP) is 3.06. The predicted molar refractivity (Wildman–Crippen MR) is 78.5 cm³/mol. The van der Waals surface area contributed by atoms with Gasteiger partial charge in [0.25, 0.3) is 0 Å². The van der Waals surface area contributed by atoms with Crippen LogP contribution in [0.3, 0.4) is 0 Å². The van der Waals surface area contributed by atoms with Gasteiger partial charge in [0.15, 0.2) is 0 Å². The van der Waals surface area contributed by atoms with Crippen LogP contribution < -0.4 is 0 Å². The summed E-state index contributed by atoms with van der Waals surface area (Å²) in [6, 6.07) is 7.08. The molecule has 19 heavy (non-hydrogen) atoms. The molecule has 1 atom stereocenters. The van der Waals surface area contributed by atoms with Crippen molar-refractivity contribution in [1.82, 2.24) is 14.3 Å². The number of piperidine rings is 1. The maximum absolute atomic E-state index is 4.66. The number of imidazole rings is 1. The Morgan fingerprint density at radius 1 is 1.32 bits per heavy atom. The number of fused-ring (bicyclic) bond motifs is 1. The van der Waals surface area contributed by atoms with Gasteiger partial charge >= 0.3 is 0 Å². The van der Waals surface area contributed by atoms with Crippen LogP contribution >= 0.6 is 0 Å². The van der Waals surface area contributed by atoms with Crippen molar-refractivity contribution in [3.63, 3.8) is 0 Å². The maximum atomic E-state index is 4.66. The third-order valence-electron chi connectivity index (χ3n) is 4.39. The number of hydrogen-bond acceptors (Lipinski definition) is 2. The summed E-state index contributed by atoms with van der Waals surface area (Å²) >= 11 is 0. The standard InChI is InChI=1S/C16H23N3/c1-3-18-10-5-4-8-14(18)11-16-17-12-15-9-6-7-13(2)19(15)16/h6-7,9,12,14H,3-5,8,10-11H2,1-2H3. The molecule has 1 unspecified atom stereocenters. The summed E-state index contributed by atoms with van der Waals surface area (Å²) in [7, 11) is 0. The summed E-state index contributed by atoms with van der Waals surface area (Å²) in [5.41, 5.74) is 2.50. The van der Waals surface area contributed by atoms with Gasteiger partial charge in [-0.05, 0) is 45.0 Å². The molecule has 2 aromatic rings. The summed E-state index contributed by atoms with van der Waals surface area (Å²) in [5.74, 6) is 1.22. The van der Waals surface area contributed by atoms with Crippen molar-refractivity contribution in [3.8, 4) is 0 Å². The highest BCUT2D eigenvalue weighted by atomic mass is 15.2. The molecule has 1 aliphatic rings. The molecule has 3 heterocycles. The van der Waals surface area contributed by atoms with E-state index in [0.29, 0.717) is 6.04 Å². The van der Waals surface area contributed by atoms with Gasteiger partial charge in [-0.25, -0.2) is 4.98 Å². The highest BCUT2D eigenvalue weighted by molar-refractivity contribution is 5.47. The minimum atomic E-state index is 0.670. The SMILES string of the molecule is CCN1CCCCC1Cc1ncc2cccc(C)n12. The molecule has 0 amide bonds. The van der Waals surface area contributed by atoms with Crippen molar-refractivity contribution in [2.24, 2.45) is 0 Å². The number of hydrogen-bond donors (Lipinski definition) is 0. The molecule has 0 bridgehead atoms. The van der Waals surface area contributed by atoms with Crippen molar-refractivity contribution < 1.29 is 0 Å². The van der Waals surface area contributed by atoms with Crippen LogP contribution in [0, 0.1) is 6.92 Å². The number of likely N-dealkylation sites (N-methyl/N-ethyl adjacent to an activating group) is 1. The van der Waals surface area contributed by atoms with Crippen molar-refractivity contribution in [1.29, 1.82) is 0 Å². The molecule has 1 fully saturated rings. The fraction of sp³-hybridized carbons (Fsp3) is 0.562. The minimum Gasteiger partial charge on any atom is -0.301 e. The molecule has 0 spiro atoms. The molecule has 0 aliphatic carbocycles. The van der Waals surface area contributed by atoms with Crippen LogP contribution in [0.1, 0.15) is 37.7 Å². The Bertz CT molecular complexity index is 558. The molecule has 0 aromatic carbocycles. The molecule has 1 aliphatic heterocycles. The van der Waals surface area contributed by atoms with Gasteiger partial charge in [0.2, 0.25) is 0 Å². The number of rotatable bonds is 3. The van der Waals surface area contributed by atoms with E-state index in [0.717, 1.165) is 13.0 Å². The zero-order chi connectivity index (χ0) is 13.2. The minimum absolute atomic E-state index is 0.670. The van der Waals surface area contributed by atoms with Gasteiger partial charge in [-0.2, -0.15) is 0 Å². The van der Waals surface area contributed by atoms with Crippen LogP contribution in [0.25, 0.3) is 5.52 Å². The Morgan fingerprint density at radius 3 is 3.05 bits per heavy atom. The van der Waals surface area contributed by atoms with E-state index in [4.69, 9.17) is 0 Å². The number of aromatic nitrogens is 2. The van der Waals surface area contributed by atoms with E-state index in [1.165, 1.54) is 42.8 Å². The number of likely N-dealkylation sites (tertiary alicyclic amines) is 1. The first kappa shape index (κ1) is 12.7. The third-order valence-corrected chi connectivity index (χ3v) is 4.39. The lowest BCUT2D eigenvalue weighted by Gasteiger charge is -2.34. The monoisotopic (exact) mass is 257 g/mol. The maximum Gasteiger partial charge on any atom is 0.115 e. The molecule has 2 aromatic heterocycles. The fourth-order valence-corrected chi connectivity index (χ4v) is 3.35. The van der Waals surface area contributed by atoms with E-state index >= 15 is 0 Å². The lowest BCUT2D eigenvalue weighted by Crippen LogP contribution is -2.40. The van der Waals surface area contributed by atoms with Crippen LogP contribution in [-0.2, 0) is 6.42 Å². The third kappa shape index (κ3) is 2.39. The Morgan fingerprint density at radius 2 is 2.21 bits per heavy atom.